The number of aryl methyl sites for hydroxylation is 1. The number of Topliss-reactive ketones (excluding diaryl/α,β-unsaturated/α-hetero) is 1. The van der Waals surface area contributed by atoms with Crippen molar-refractivity contribution in [3.63, 3.8) is 0 Å². The summed E-state index contributed by atoms with van der Waals surface area (Å²) in [7, 11) is 0. The van der Waals surface area contributed by atoms with Crippen LogP contribution in [0.25, 0.3) is 5.76 Å². The lowest BCUT2D eigenvalue weighted by atomic mass is 9.99. The molecule has 1 aliphatic rings. The van der Waals surface area contributed by atoms with E-state index in [0.717, 1.165) is 5.56 Å². The molecule has 2 aromatic rings. The van der Waals surface area contributed by atoms with Crippen LogP contribution in [0.4, 0.5) is 0 Å². The van der Waals surface area contributed by atoms with Crippen molar-refractivity contribution in [2.24, 2.45) is 0 Å². The Hall–Kier alpha value is -2.86. The number of rotatable bonds is 4. The molecule has 6 heteroatoms. The minimum atomic E-state index is -0.853. The average molecular weight is 327 g/mol. The van der Waals surface area contributed by atoms with E-state index in [1.54, 1.807) is 36.4 Å². The van der Waals surface area contributed by atoms with Gasteiger partial charge in [-0.15, -0.1) is 0 Å². The smallest absolute Gasteiger partial charge is 0.295 e. The Morgan fingerprint density at radius 1 is 1.21 bits per heavy atom. The van der Waals surface area contributed by atoms with Crippen LogP contribution in [0.5, 0.6) is 0 Å². The zero-order chi connectivity index (χ0) is 17.3. The van der Waals surface area contributed by atoms with Crippen LogP contribution >= 0.6 is 0 Å². The average Bonchev–Trinajstić information content (AvgIpc) is 3.18. The summed E-state index contributed by atoms with van der Waals surface area (Å²) >= 11 is 0. The Labute approximate surface area is 138 Å². The number of aliphatic hydroxyl groups excluding tert-OH is 2. The van der Waals surface area contributed by atoms with E-state index < -0.39 is 17.7 Å². The van der Waals surface area contributed by atoms with E-state index >= 15 is 0 Å². The first-order valence-corrected chi connectivity index (χ1v) is 7.54. The molecule has 2 N–H and O–H groups in total. The predicted molar refractivity (Wildman–Crippen MR) is 86.0 cm³/mol. The Bertz CT molecular complexity index is 789. The van der Waals surface area contributed by atoms with Gasteiger partial charge in [0.25, 0.3) is 11.7 Å². The van der Waals surface area contributed by atoms with E-state index in [0.29, 0.717) is 11.3 Å². The summed E-state index contributed by atoms with van der Waals surface area (Å²) in [6.07, 6.45) is 1.43. The molecular formula is C18H17NO5. The first-order valence-electron chi connectivity index (χ1n) is 7.54. The Morgan fingerprint density at radius 2 is 1.92 bits per heavy atom. The molecule has 24 heavy (non-hydrogen) atoms. The van der Waals surface area contributed by atoms with E-state index in [1.165, 1.54) is 11.2 Å². The van der Waals surface area contributed by atoms with Crippen LogP contribution in [-0.2, 0) is 9.59 Å². The van der Waals surface area contributed by atoms with Gasteiger partial charge >= 0.3 is 0 Å². The number of nitrogens with zero attached hydrogens (tertiary/aromatic N) is 1. The van der Waals surface area contributed by atoms with Gasteiger partial charge in [-0.2, -0.15) is 0 Å². The number of hydrogen-bond donors (Lipinski definition) is 2. The lowest BCUT2D eigenvalue weighted by Crippen LogP contribution is -2.32. The number of furan rings is 1. The van der Waals surface area contributed by atoms with Crippen LogP contribution in [-0.4, -0.2) is 40.0 Å². The maximum Gasteiger partial charge on any atom is 0.295 e. The molecule has 1 saturated heterocycles. The minimum Gasteiger partial charge on any atom is -0.507 e. The Morgan fingerprint density at radius 3 is 2.50 bits per heavy atom. The first-order chi connectivity index (χ1) is 11.5. The van der Waals surface area contributed by atoms with E-state index in [4.69, 9.17) is 4.42 Å². The standard InChI is InChI=1S/C18H17NO5/c1-11-4-6-12(7-5-11)16(21)14-15(13-3-2-10-24-13)19(8-9-20)18(23)17(14)22/h2-7,10,15,20-21H,8-9H2,1H3/b16-14-. The SMILES string of the molecule is Cc1ccc(/C(O)=C2/C(=O)C(=O)N(CCO)C2c2ccco2)cc1. The van der Waals surface area contributed by atoms with Crippen LogP contribution in [0.2, 0.25) is 0 Å². The molecule has 1 unspecified atom stereocenters. The topological polar surface area (TPSA) is 91.0 Å². The fourth-order valence-electron chi connectivity index (χ4n) is 2.83. The third-order valence-corrected chi connectivity index (χ3v) is 4.02. The number of aliphatic hydroxyl groups is 2. The van der Waals surface area contributed by atoms with Gasteiger partial charge in [-0.1, -0.05) is 29.8 Å². The molecule has 1 aromatic carbocycles. The second kappa shape index (κ2) is 6.33. The van der Waals surface area contributed by atoms with Crippen LogP contribution in [0.15, 0.2) is 52.7 Å². The third-order valence-electron chi connectivity index (χ3n) is 4.02. The van der Waals surface area contributed by atoms with Crippen LogP contribution < -0.4 is 0 Å². The molecule has 1 aromatic heterocycles. The largest absolute Gasteiger partial charge is 0.507 e. The highest BCUT2D eigenvalue weighted by Gasteiger charge is 2.47. The molecule has 2 heterocycles. The van der Waals surface area contributed by atoms with Crippen molar-refractivity contribution in [3.8, 4) is 0 Å². The zero-order valence-corrected chi connectivity index (χ0v) is 13.1. The molecule has 1 atom stereocenters. The molecule has 0 bridgehead atoms. The molecule has 0 spiro atoms. The second-order valence-corrected chi connectivity index (χ2v) is 5.60. The van der Waals surface area contributed by atoms with Crippen molar-refractivity contribution >= 4 is 17.4 Å². The molecule has 1 aliphatic heterocycles. The van der Waals surface area contributed by atoms with Gasteiger partial charge in [-0.05, 0) is 19.1 Å². The van der Waals surface area contributed by atoms with E-state index in [2.05, 4.69) is 0 Å². The van der Waals surface area contributed by atoms with Gasteiger partial charge in [0.15, 0.2) is 0 Å². The van der Waals surface area contributed by atoms with Crippen molar-refractivity contribution in [2.75, 3.05) is 13.2 Å². The molecular weight excluding hydrogens is 310 g/mol. The number of likely N-dealkylation sites (tertiary alicyclic amines) is 1. The van der Waals surface area contributed by atoms with Crippen molar-refractivity contribution < 1.29 is 24.2 Å². The van der Waals surface area contributed by atoms with Crippen LogP contribution in [0.3, 0.4) is 0 Å². The fraction of sp³-hybridized carbons (Fsp3) is 0.222. The summed E-state index contributed by atoms with van der Waals surface area (Å²) in [5.74, 6) is -1.45. The first kappa shape index (κ1) is 16.0. The molecule has 124 valence electrons. The highest BCUT2D eigenvalue weighted by Crippen LogP contribution is 2.39. The normalized spacial score (nSPS) is 19.9. The highest BCUT2D eigenvalue weighted by molar-refractivity contribution is 6.46. The number of carbonyl (C=O) groups excluding carboxylic acids is 2. The molecule has 1 fully saturated rings. The quantitative estimate of drug-likeness (QED) is 0.509. The number of amides is 1. The van der Waals surface area contributed by atoms with E-state index in [-0.39, 0.29) is 24.5 Å². The number of β-amino-alcohol motifs (C(OH)–C–C–N with tert-alkyl or cyclic N) is 1. The Kier molecular flexibility index (Phi) is 4.22. The maximum absolute atomic E-state index is 12.4. The summed E-state index contributed by atoms with van der Waals surface area (Å²) in [6, 6.07) is 9.39. The number of ketones is 1. The van der Waals surface area contributed by atoms with Gasteiger partial charge in [-0.3, -0.25) is 9.59 Å². The van der Waals surface area contributed by atoms with Gasteiger partial charge in [0.1, 0.15) is 17.6 Å². The highest BCUT2D eigenvalue weighted by atomic mass is 16.3. The summed E-state index contributed by atoms with van der Waals surface area (Å²) in [6.45, 7) is 1.59. The molecule has 0 saturated carbocycles. The monoisotopic (exact) mass is 327 g/mol. The van der Waals surface area contributed by atoms with E-state index in [1.807, 2.05) is 6.92 Å². The van der Waals surface area contributed by atoms with Gasteiger partial charge < -0.3 is 19.5 Å². The summed E-state index contributed by atoms with van der Waals surface area (Å²) in [5.41, 5.74) is 1.42. The van der Waals surface area contributed by atoms with Gasteiger partial charge in [0.05, 0.1) is 18.4 Å². The molecule has 0 aliphatic carbocycles. The zero-order valence-electron chi connectivity index (χ0n) is 13.1. The number of carbonyl (C=O) groups is 2. The Balaban J connectivity index is 2.15. The van der Waals surface area contributed by atoms with Gasteiger partial charge in [-0.25, -0.2) is 0 Å². The van der Waals surface area contributed by atoms with Crippen molar-refractivity contribution in [1.82, 2.24) is 4.90 Å². The van der Waals surface area contributed by atoms with Crippen LogP contribution in [0, 0.1) is 6.92 Å². The minimum absolute atomic E-state index is 0.0272. The molecule has 3 rings (SSSR count). The van der Waals surface area contributed by atoms with Crippen molar-refractivity contribution in [2.45, 2.75) is 13.0 Å². The van der Waals surface area contributed by atoms with Crippen molar-refractivity contribution in [1.29, 1.82) is 0 Å². The van der Waals surface area contributed by atoms with Gasteiger partial charge in [0.2, 0.25) is 0 Å². The van der Waals surface area contributed by atoms with Crippen molar-refractivity contribution in [3.05, 3.63) is 65.1 Å². The predicted octanol–water partition coefficient (Wildman–Crippen LogP) is 2.00. The molecule has 6 nitrogen and oxygen atoms in total. The lowest BCUT2D eigenvalue weighted by molar-refractivity contribution is -0.140. The summed E-state index contributed by atoms with van der Waals surface area (Å²) < 4.78 is 5.35. The maximum atomic E-state index is 12.4. The molecule has 1 amide bonds. The van der Waals surface area contributed by atoms with E-state index in [9.17, 15) is 19.8 Å². The van der Waals surface area contributed by atoms with Crippen LogP contribution in [0.1, 0.15) is 22.9 Å². The lowest BCUT2D eigenvalue weighted by Gasteiger charge is -2.22. The second-order valence-electron chi connectivity index (χ2n) is 5.60. The van der Waals surface area contributed by atoms with Gasteiger partial charge in [0, 0.05) is 12.1 Å². The molecule has 0 radical (unpaired) electrons. The third kappa shape index (κ3) is 2.61. The summed E-state index contributed by atoms with van der Waals surface area (Å²) in [4.78, 5) is 25.9. The fourth-order valence-corrected chi connectivity index (χ4v) is 2.83. The number of benzene rings is 1. The number of hydrogen-bond acceptors (Lipinski definition) is 5. The summed E-state index contributed by atoms with van der Waals surface area (Å²) in [5, 5.41) is 19.8.